The van der Waals surface area contributed by atoms with Crippen molar-refractivity contribution >= 4 is 12.4 Å². The lowest BCUT2D eigenvalue weighted by molar-refractivity contribution is 0.247. The molecule has 0 amide bonds. The van der Waals surface area contributed by atoms with Gasteiger partial charge < -0.3 is 0 Å². The maximum atomic E-state index is 6.13. The molecule has 2 N–H and O–H groups in total. The van der Waals surface area contributed by atoms with Crippen LogP contribution in [0.15, 0.2) is 42.5 Å². The summed E-state index contributed by atoms with van der Waals surface area (Å²) < 4.78 is 0. The lowest BCUT2D eigenvalue weighted by atomic mass is 9.82. The largest absolute Gasteiger partial charge is 0.268 e. The summed E-state index contributed by atoms with van der Waals surface area (Å²) in [6, 6.07) is 15.6. The van der Waals surface area contributed by atoms with Crippen LogP contribution < -0.4 is 5.84 Å². The normalized spacial score (nSPS) is 20.4. The Kier molecular flexibility index (Phi) is 3.55. The second-order valence-corrected chi connectivity index (χ2v) is 5.67. The van der Waals surface area contributed by atoms with Crippen LogP contribution in [0.3, 0.4) is 0 Å². The average Bonchev–Trinajstić information content (AvgIpc) is 2.59. The molecule has 0 bridgehead atoms. The third kappa shape index (κ3) is 2.05. The fourth-order valence-electron chi connectivity index (χ4n) is 3.70. The lowest BCUT2D eigenvalue weighted by Crippen LogP contribution is -2.39. The van der Waals surface area contributed by atoms with E-state index in [1.54, 1.807) is 5.56 Å². The monoisotopic (exact) mass is 286 g/mol. The highest BCUT2D eigenvalue weighted by molar-refractivity contribution is 5.85. The van der Waals surface area contributed by atoms with Gasteiger partial charge in [0, 0.05) is 19.0 Å². The molecule has 0 aromatic heterocycles. The Labute approximate surface area is 126 Å². The summed E-state index contributed by atoms with van der Waals surface area (Å²) in [4.78, 5) is 0. The molecule has 1 atom stereocenters. The van der Waals surface area contributed by atoms with Crippen LogP contribution in [0.25, 0.3) is 0 Å². The van der Waals surface area contributed by atoms with E-state index in [1.165, 1.54) is 22.3 Å². The highest BCUT2D eigenvalue weighted by Gasteiger charge is 2.30. The molecule has 2 aromatic carbocycles. The van der Waals surface area contributed by atoms with E-state index in [4.69, 9.17) is 5.84 Å². The molecule has 1 aliphatic heterocycles. The molecule has 4 rings (SSSR count). The van der Waals surface area contributed by atoms with E-state index in [9.17, 15) is 0 Å². The quantitative estimate of drug-likeness (QED) is 0.754. The second kappa shape index (κ2) is 5.21. The number of benzene rings is 2. The minimum atomic E-state index is 0. The third-order valence-corrected chi connectivity index (χ3v) is 4.52. The predicted octanol–water partition coefficient (Wildman–Crippen LogP) is 3.03. The average molecular weight is 287 g/mol. The van der Waals surface area contributed by atoms with Crippen molar-refractivity contribution in [1.29, 1.82) is 0 Å². The highest BCUT2D eigenvalue weighted by atomic mass is 35.5. The molecule has 0 saturated carbocycles. The van der Waals surface area contributed by atoms with E-state index in [-0.39, 0.29) is 12.4 Å². The minimum absolute atomic E-state index is 0. The van der Waals surface area contributed by atoms with Crippen molar-refractivity contribution in [3.05, 3.63) is 70.3 Å². The first kappa shape index (κ1) is 13.6. The maximum Gasteiger partial charge on any atom is 0.0382 e. The van der Waals surface area contributed by atoms with Gasteiger partial charge in [-0.2, -0.15) is 0 Å². The first-order chi connectivity index (χ1) is 9.33. The molecule has 0 radical (unpaired) electrons. The molecule has 3 heteroatoms. The molecular formula is C17H19ClN2. The van der Waals surface area contributed by atoms with Crippen LogP contribution >= 0.6 is 12.4 Å². The van der Waals surface area contributed by atoms with Crippen LogP contribution in [0.1, 0.15) is 33.7 Å². The van der Waals surface area contributed by atoms with Gasteiger partial charge in [-0.15, -0.1) is 12.4 Å². The van der Waals surface area contributed by atoms with Gasteiger partial charge in [-0.3, -0.25) is 5.84 Å². The van der Waals surface area contributed by atoms with Crippen LogP contribution in [-0.2, 0) is 19.4 Å². The van der Waals surface area contributed by atoms with Gasteiger partial charge in [0.2, 0.25) is 0 Å². The van der Waals surface area contributed by atoms with Gasteiger partial charge in [0.15, 0.2) is 0 Å². The Hall–Kier alpha value is -1.35. The van der Waals surface area contributed by atoms with Crippen LogP contribution in [0.2, 0.25) is 0 Å². The summed E-state index contributed by atoms with van der Waals surface area (Å²) in [5.74, 6) is 6.58. The highest BCUT2D eigenvalue weighted by Crippen LogP contribution is 2.39. The van der Waals surface area contributed by atoms with Crippen molar-refractivity contribution in [3.63, 3.8) is 0 Å². The van der Waals surface area contributed by atoms with E-state index in [1.807, 2.05) is 5.01 Å². The standard InChI is InChI=1S/C17H18N2.ClH/c18-19-10-14-6-3-5-13-9-8-12-4-1-2-7-15(12)16(11-19)17(13)14;/h1-7,16H,8-11,18H2;1H. The maximum absolute atomic E-state index is 6.13. The van der Waals surface area contributed by atoms with Gasteiger partial charge in [0.25, 0.3) is 0 Å². The summed E-state index contributed by atoms with van der Waals surface area (Å²) in [6.45, 7) is 1.81. The third-order valence-electron chi connectivity index (χ3n) is 4.52. The Morgan fingerprint density at radius 2 is 1.60 bits per heavy atom. The number of nitrogens with two attached hydrogens (primary N) is 1. The van der Waals surface area contributed by atoms with E-state index >= 15 is 0 Å². The Morgan fingerprint density at radius 1 is 0.900 bits per heavy atom. The summed E-state index contributed by atoms with van der Waals surface area (Å²) in [5.41, 5.74) is 7.45. The van der Waals surface area contributed by atoms with Crippen LogP contribution in [0.5, 0.6) is 0 Å². The first-order valence-corrected chi connectivity index (χ1v) is 7.01. The Morgan fingerprint density at radius 3 is 2.50 bits per heavy atom. The molecule has 0 fully saturated rings. The predicted molar refractivity (Wildman–Crippen MR) is 84.0 cm³/mol. The van der Waals surface area contributed by atoms with Gasteiger partial charge in [0.1, 0.15) is 0 Å². The van der Waals surface area contributed by atoms with Crippen molar-refractivity contribution in [1.82, 2.24) is 5.01 Å². The summed E-state index contributed by atoms with van der Waals surface area (Å²) >= 11 is 0. The Balaban J connectivity index is 0.00000121. The van der Waals surface area contributed by atoms with E-state index in [0.717, 1.165) is 25.9 Å². The van der Waals surface area contributed by atoms with Crippen molar-refractivity contribution in [2.75, 3.05) is 6.54 Å². The lowest BCUT2D eigenvalue weighted by Gasteiger charge is -2.33. The molecule has 20 heavy (non-hydrogen) atoms. The summed E-state index contributed by atoms with van der Waals surface area (Å²) in [6.07, 6.45) is 2.30. The number of hydrazine groups is 1. The molecule has 0 spiro atoms. The second-order valence-electron chi connectivity index (χ2n) is 5.67. The fraction of sp³-hybridized carbons (Fsp3) is 0.294. The molecule has 2 aromatic rings. The van der Waals surface area contributed by atoms with Gasteiger partial charge in [-0.1, -0.05) is 42.5 Å². The van der Waals surface area contributed by atoms with Crippen molar-refractivity contribution in [2.45, 2.75) is 25.3 Å². The zero-order valence-corrected chi connectivity index (χ0v) is 12.2. The van der Waals surface area contributed by atoms with E-state index in [2.05, 4.69) is 42.5 Å². The SMILES string of the molecule is Cl.NN1Cc2cccc3c2C(C1)c1ccccc1CC3. The molecule has 2 aliphatic rings. The zero-order valence-electron chi connectivity index (χ0n) is 11.4. The van der Waals surface area contributed by atoms with Crippen LogP contribution in [0.4, 0.5) is 0 Å². The number of rotatable bonds is 0. The van der Waals surface area contributed by atoms with Gasteiger partial charge >= 0.3 is 0 Å². The molecule has 0 saturated heterocycles. The van der Waals surface area contributed by atoms with Crippen molar-refractivity contribution in [2.24, 2.45) is 5.84 Å². The number of hydrogen-bond acceptors (Lipinski definition) is 2. The number of hydrogen-bond donors (Lipinski definition) is 1. The van der Waals surface area contributed by atoms with Crippen molar-refractivity contribution < 1.29 is 0 Å². The molecule has 1 heterocycles. The number of nitrogens with zero attached hydrogens (tertiary/aromatic N) is 1. The number of aryl methyl sites for hydroxylation is 2. The molecule has 1 aliphatic carbocycles. The smallest absolute Gasteiger partial charge is 0.0382 e. The van der Waals surface area contributed by atoms with Crippen molar-refractivity contribution in [3.8, 4) is 0 Å². The van der Waals surface area contributed by atoms with E-state index in [0.29, 0.717) is 5.92 Å². The van der Waals surface area contributed by atoms with E-state index < -0.39 is 0 Å². The molecule has 2 nitrogen and oxygen atoms in total. The fourth-order valence-corrected chi connectivity index (χ4v) is 3.70. The van der Waals surface area contributed by atoms with Gasteiger partial charge in [-0.05, 0) is 40.7 Å². The van der Waals surface area contributed by atoms with Crippen LogP contribution in [0, 0.1) is 0 Å². The summed E-state index contributed by atoms with van der Waals surface area (Å²) in [7, 11) is 0. The molecule has 104 valence electrons. The molecular weight excluding hydrogens is 268 g/mol. The zero-order chi connectivity index (χ0) is 12.8. The number of halogens is 1. The molecule has 1 unspecified atom stereocenters. The topological polar surface area (TPSA) is 29.3 Å². The summed E-state index contributed by atoms with van der Waals surface area (Å²) in [5, 5.41) is 1.96. The van der Waals surface area contributed by atoms with Gasteiger partial charge in [0.05, 0.1) is 0 Å². The number of fused-ring (bicyclic) bond motifs is 2. The first-order valence-electron chi connectivity index (χ1n) is 7.01. The van der Waals surface area contributed by atoms with Crippen LogP contribution in [-0.4, -0.2) is 11.6 Å². The Bertz CT molecular complexity index is 639. The van der Waals surface area contributed by atoms with Gasteiger partial charge in [-0.25, -0.2) is 5.01 Å². The minimum Gasteiger partial charge on any atom is -0.268 e.